The van der Waals surface area contributed by atoms with E-state index in [1.54, 1.807) is 12.1 Å². The van der Waals surface area contributed by atoms with Gasteiger partial charge in [0.25, 0.3) is 0 Å². The van der Waals surface area contributed by atoms with Gasteiger partial charge in [-0.1, -0.05) is 47.6 Å². The summed E-state index contributed by atoms with van der Waals surface area (Å²) >= 11 is 7.33. The van der Waals surface area contributed by atoms with Crippen molar-refractivity contribution in [2.24, 2.45) is 0 Å². The topological polar surface area (TPSA) is 91.2 Å². The van der Waals surface area contributed by atoms with E-state index in [4.69, 9.17) is 16.3 Å². The fourth-order valence-electron chi connectivity index (χ4n) is 4.41. The first-order chi connectivity index (χ1) is 16.9. The van der Waals surface area contributed by atoms with Crippen LogP contribution in [-0.2, 0) is 9.59 Å². The van der Waals surface area contributed by atoms with Crippen molar-refractivity contribution in [3.05, 3.63) is 80.5 Å². The Balaban J connectivity index is 1.66. The molecule has 0 aromatic heterocycles. The minimum atomic E-state index is -0.535. The van der Waals surface area contributed by atoms with Gasteiger partial charge in [0.05, 0.1) is 34.9 Å². The number of nitrogens with zero attached hydrogens (tertiary/aromatic N) is 1. The Bertz CT molecular complexity index is 1280. The van der Waals surface area contributed by atoms with Gasteiger partial charge in [0.15, 0.2) is 5.78 Å². The summed E-state index contributed by atoms with van der Waals surface area (Å²) in [4.78, 5) is 25.8. The minimum absolute atomic E-state index is 0.0426. The Kier molecular flexibility index (Phi) is 7.84. The first-order valence-electron chi connectivity index (χ1n) is 11.5. The van der Waals surface area contributed by atoms with Crippen molar-refractivity contribution in [2.75, 3.05) is 17.7 Å². The molecule has 0 saturated carbocycles. The quantitative estimate of drug-likeness (QED) is 0.488. The molecule has 0 radical (unpaired) electrons. The smallest absolute Gasteiger partial charge is 0.234 e. The number of benzene rings is 2. The molecule has 0 fully saturated rings. The number of aryl methyl sites for hydroxylation is 1. The molecule has 1 aliphatic carbocycles. The highest BCUT2D eigenvalue weighted by atomic mass is 35.5. The van der Waals surface area contributed by atoms with Crippen LogP contribution in [0, 0.1) is 18.3 Å². The maximum atomic E-state index is 13.0. The normalized spacial score (nSPS) is 17.4. The SMILES string of the molecule is CCOc1ccccc1[C@@H]1C(C#N)=C(SCC(=O)Nc2cc(Cl)ccc2C)NC2=C1C(=O)CCC2. The van der Waals surface area contributed by atoms with Gasteiger partial charge in [0.1, 0.15) is 5.75 Å². The lowest BCUT2D eigenvalue weighted by Gasteiger charge is -2.33. The van der Waals surface area contributed by atoms with Crippen molar-refractivity contribution in [3.8, 4) is 11.8 Å². The predicted molar refractivity (Wildman–Crippen MR) is 139 cm³/mol. The predicted octanol–water partition coefficient (Wildman–Crippen LogP) is 5.85. The van der Waals surface area contributed by atoms with Gasteiger partial charge in [-0.2, -0.15) is 5.26 Å². The molecule has 0 bridgehead atoms. The van der Waals surface area contributed by atoms with E-state index in [9.17, 15) is 14.9 Å². The van der Waals surface area contributed by atoms with Crippen LogP contribution in [0.4, 0.5) is 5.69 Å². The number of nitrogens with one attached hydrogen (secondary N) is 2. The molecule has 0 saturated heterocycles. The molecule has 2 aromatic rings. The van der Waals surface area contributed by atoms with Gasteiger partial charge < -0.3 is 15.4 Å². The Morgan fingerprint density at radius 3 is 2.86 bits per heavy atom. The summed E-state index contributed by atoms with van der Waals surface area (Å²) in [5.74, 6) is 0.0419. The van der Waals surface area contributed by atoms with E-state index in [-0.39, 0.29) is 17.4 Å². The van der Waals surface area contributed by atoms with Crippen molar-refractivity contribution < 1.29 is 14.3 Å². The summed E-state index contributed by atoms with van der Waals surface area (Å²) < 4.78 is 5.85. The number of amides is 1. The zero-order valence-electron chi connectivity index (χ0n) is 19.6. The van der Waals surface area contributed by atoms with Crippen molar-refractivity contribution in [2.45, 2.75) is 39.0 Å². The second-order valence-electron chi connectivity index (χ2n) is 8.35. The van der Waals surface area contributed by atoms with Gasteiger partial charge in [-0.3, -0.25) is 9.59 Å². The molecule has 1 aliphatic heterocycles. The van der Waals surface area contributed by atoms with Crippen molar-refractivity contribution >= 4 is 40.7 Å². The lowest BCUT2D eigenvalue weighted by atomic mass is 9.76. The fourth-order valence-corrected chi connectivity index (χ4v) is 5.44. The number of carbonyl (C=O) groups is 2. The second kappa shape index (κ2) is 11.0. The monoisotopic (exact) mass is 507 g/mol. The zero-order chi connectivity index (χ0) is 24.9. The lowest BCUT2D eigenvalue weighted by molar-refractivity contribution is -0.116. The van der Waals surface area contributed by atoms with Crippen molar-refractivity contribution in [1.29, 1.82) is 5.26 Å². The van der Waals surface area contributed by atoms with E-state index in [1.165, 1.54) is 11.8 Å². The van der Waals surface area contributed by atoms with Crippen LogP contribution in [0.25, 0.3) is 0 Å². The summed E-state index contributed by atoms with van der Waals surface area (Å²) in [6.07, 6.45) is 1.92. The summed E-state index contributed by atoms with van der Waals surface area (Å²) in [6.45, 7) is 4.27. The Hall–Kier alpha value is -3.21. The number of dihydropyridines is 1. The van der Waals surface area contributed by atoms with E-state index in [1.807, 2.05) is 44.2 Å². The molecular weight excluding hydrogens is 482 g/mol. The first-order valence-corrected chi connectivity index (χ1v) is 12.9. The number of para-hydroxylation sites is 1. The van der Waals surface area contributed by atoms with Crippen LogP contribution in [0.2, 0.25) is 5.02 Å². The molecule has 1 amide bonds. The molecule has 6 nitrogen and oxygen atoms in total. The van der Waals surface area contributed by atoms with Crippen LogP contribution in [0.15, 0.2) is 64.3 Å². The summed E-state index contributed by atoms with van der Waals surface area (Å²) in [7, 11) is 0. The number of nitriles is 1. The highest BCUT2D eigenvalue weighted by molar-refractivity contribution is 8.03. The highest BCUT2D eigenvalue weighted by Crippen LogP contribution is 2.46. The highest BCUT2D eigenvalue weighted by Gasteiger charge is 2.38. The molecule has 4 rings (SSSR count). The third kappa shape index (κ3) is 5.39. The minimum Gasteiger partial charge on any atom is -0.494 e. The lowest BCUT2D eigenvalue weighted by Crippen LogP contribution is -2.32. The maximum Gasteiger partial charge on any atom is 0.234 e. The van der Waals surface area contributed by atoms with Gasteiger partial charge in [-0.15, -0.1) is 0 Å². The number of anilines is 1. The standard InChI is InChI=1S/C27H26ClN3O3S/c1-3-34-23-10-5-4-7-18(23)25-19(14-29)27(31-20-8-6-9-22(32)26(20)25)35-15-24(33)30-21-13-17(28)12-11-16(21)2/h4-5,7,10-13,25,31H,3,6,8-9,15H2,1-2H3,(H,30,33)/t25-/m1/s1. The first kappa shape index (κ1) is 24.9. The van der Waals surface area contributed by atoms with Crippen LogP contribution in [0.1, 0.15) is 43.2 Å². The van der Waals surface area contributed by atoms with Crippen LogP contribution in [-0.4, -0.2) is 24.1 Å². The maximum absolute atomic E-state index is 13.0. The van der Waals surface area contributed by atoms with Gasteiger partial charge in [0, 0.05) is 34.0 Å². The number of ether oxygens (including phenoxy) is 1. The molecule has 2 aromatic carbocycles. The van der Waals surface area contributed by atoms with Crippen LogP contribution in [0.5, 0.6) is 5.75 Å². The van der Waals surface area contributed by atoms with Crippen molar-refractivity contribution in [1.82, 2.24) is 5.32 Å². The fraction of sp³-hybridized carbons (Fsp3) is 0.296. The van der Waals surface area contributed by atoms with Crippen LogP contribution in [0.3, 0.4) is 0 Å². The molecule has 180 valence electrons. The Labute approximate surface area is 214 Å². The number of hydrogen-bond donors (Lipinski definition) is 2. The molecule has 35 heavy (non-hydrogen) atoms. The summed E-state index contributed by atoms with van der Waals surface area (Å²) in [5.41, 5.74) is 4.22. The van der Waals surface area contributed by atoms with E-state index >= 15 is 0 Å². The number of Topliss-reactive ketones (excluding diaryl/α,β-unsaturated/α-hetero) is 1. The zero-order valence-corrected chi connectivity index (χ0v) is 21.2. The van der Waals surface area contributed by atoms with Gasteiger partial charge in [-0.05, 0) is 50.5 Å². The second-order valence-corrected chi connectivity index (χ2v) is 9.77. The number of ketones is 1. The largest absolute Gasteiger partial charge is 0.494 e. The van der Waals surface area contributed by atoms with Gasteiger partial charge in [0.2, 0.25) is 5.91 Å². The molecule has 0 spiro atoms. The average Bonchev–Trinajstić information content (AvgIpc) is 2.85. The van der Waals surface area contributed by atoms with E-state index in [2.05, 4.69) is 16.7 Å². The number of hydrogen-bond acceptors (Lipinski definition) is 6. The number of rotatable bonds is 7. The number of allylic oxidation sites excluding steroid dienone is 3. The van der Waals surface area contributed by atoms with E-state index in [0.717, 1.165) is 23.2 Å². The molecule has 1 heterocycles. The summed E-state index contributed by atoms with van der Waals surface area (Å²) in [6, 6.07) is 15.2. The Morgan fingerprint density at radius 2 is 2.09 bits per heavy atom. The molecule has 0 unspecified atom stereocenters. The molecular formula is C27H26ClN3O3S. The Morgan fingerprint density at radius 1 is 1.29 bits per heavy atom. The average molecular weight is 508 g/mol. The van der Waals surface area contributed by atoms with Gasteiger partial charge in [-0.25, -0.2) is 0 Å². The number of carbonyl (C=O) groups excluding carboxylic acids is 2. The van der Waals surface area contributed by atoms with Crippen LogP contribution < -0.4 is 15.4 Å². The number of halogens is 1. The molecule has 2 aliphatic rings. The van der Waals surface area contributed by atoms with Crippen molar-refractivity contribution in [3.63, 3.8) is 0 Å². The third-order valence-electron chi connectivity index (χ3n) is 6.01. The van der Waals surface area contributed by atoms with E-state index < -0.39 is 5.92 Å². The third-order valence-corrected chi connectivity index (χ3v) is 7.27. The number of thioether (sulfide) groups is 1. The van der Waals surface area contributed by atoms with E-state index in [0.29, 0.717) is 52.1 Å². The summed E-state index contributed by atoms with van der Waals surface area (Å²) in [5, 5.41) is 17.5. The molecule has 1 atom stereocenters. The molecule has 2 N–H and O–H groups in total. The molecule has 8 heteroatoms. The van der Waals surface area contributed by atoms with Gasteiger partial charge >= 0.3 is 0 Å². The van der Waals surface area contributed by atoms with Crippen LogP contribution >= 0.6 is 23.4 Å².